The van der Waals surface area contributed by atoms with Gasteiger partial charge in [0.2, 0.25) is 0 Å². The van der Waals surface area contributed by atoms with Gasteiger partial charge in [-0.05, 0) is 44.5 Å². The highest BCUT2D eigenvalue weighted by molar-refractivity contribution is 6.39. The van der Waals surface area contributed by atoms with Gasteiger partial charge in [-0.3, -0.25) is 9.59 Å². The van der Waals surface area contributed by atoms with Crippen LogP contribution in [0.15, 0.2) is 24.3 Å². The van der Waals surface area contributed by atoms with Crippen LogP contribution < -0.4 is 15.4 Å². The van der Waals surface area contributed by atoms with E-state index in [2.05, 4.69) is 17.6 Å². The molecule has 5 heteroatoms. The lowest BCUT2D eigenvalue weighted by atomic mass is 10.2. The number of hydrogen-bond donors (Lipinski definition) is 2. The Morgan fingerprint density at radius 1 is 1.10 bits per heavy atom. The predicted molar refractivity (Wildman–Crippen MR) is 83.4 cm³/mol. The molecule has 1 aromatic rings. The molecular weight excluding hydrogens is 268 g/mol. The number of unbranched alkanes of at least 4 members (excludes halogenated alkanes) is 2. The number of carbonyl (C=O) groups excluding carboxylic acids is 2. The van der Waals surface area contributed by atoms with Crippen molar-refractivity contribution in [1.29, 1.82) is 0 Å². The molecule has 1 rings (SSSR count). The third kappa shape index (κ3) is 6.79. The van der Waals surface area contributed by atoms with Crippen molar-refractivity contribution in [2.75, 3.05) is 11.9 Å². The summed E-state index contributed by atoms with van der Waals surface area (Å²) in [5.74, 6) is -0.541. The zero-order valence-corrected chi connectivity index (χ0v) is 12.9. The molecule has 0 saturated heterocycles. The first-order chi connectivity index (χ1) is 10.0. The first-order valence-corrected chi connectivity index (χ1v) is 7.37. The lowest BCUT2D eigenvalue weighted by molar-refractivity contribution is -0.136. The van der Waals surface area contributed by atoms with Crippen LogP contribution in [0.2, 0.25) is 0 Å². The second-order valence-electron chi connectivity index (χ2n) is 5.16. The molecule has 0 atom stereocenters. The second-order valence-corrected chi connectivity index (χ2v) is 5.16. The minimum atomic E-state index is -0.666. The van der Waals surface area contributed by atoms with Crippen LogP contribution in [0.3, 0.4) is 0 Å². The SMILES string of the molecule is CCCCCOc1ccc(NC(=O)C(=O)NC(C)C)cc1. The third-order valence-electron chi connectivity index (χ3n) is 2.75. The van der Waals surface area contributed by atoms with E-state index in [1.54, 1.807) is 38.1 Å². The number of rotatable bonds is 7. The number of nitrogens with one attached hydrogen (secondary N) is 2. The minimum Gasteiger partial charge on any atom is -0.494 e. The molecule has 0 bridgehead atoms. The molecule has 0 heterocycles. The average Bonchev–Trinajstić information content (AvgIpc) is 2.44. The van der Waals surface area contributed by atoms with E-state index < -0.39 is 11.8 Å². The van der Waals surface area contributed by atoms with E-state index in [4.69, 9.17) is 4.74 Å². The van der Waals surface area contributed by atoms with E-state index in [9.17, 15) is 9.59 Å². The Labute approximate surface area is 126 Å². The van der Waals surface area contributed by atoms with Crippen molar-refractivity contribution in [1.82, 2.24) is 5.32 Å². The fourth-order valence-corrected chi connectivity index (χ4v) is 1.69. The van der Waals surface area contributed by atoms with Crippen LogP contribution in [0.5, 0.6) is 5.75 Å². The number of benzene rings is 1. The summed E-state index contributed by atoms with van der Waals surface area (Å²) in [6, 6.07) is 6.93. The maximum Gasteiger partial charge on any atom is 0.313 e. The minimum absolute atomic E-state index is 0.0675. The lowest BCUT2D eigenvalue weighted by Gasteiger charge is -2.09. The molecule has 0 fully saturated rings. The number of anilines is 1. The predicted octanol–water partition coefficient (Wildman–Crippen LogP) is 2.72. The Kier molecular flexibility index (Phi) is 7.29. The topological polar surface area (TPSA) is 67.4 Å². The third-order valence-corrected chi connectivity index (χ3v) is 2.75. The highest BCUT2D eigenvalue weighted by Gasteiger charge is 2.14. The zero-order valence-electron chi connectivity index (χ0n) is 12.9. The molecule has 0 radical (unpaired) electrons. The van der Waals surface area contributed by atoms with Gasteiger partial charge >= 0.3 is 11.8 Å². The summed E-state index contributed by atoms with van der Waals surface area (Å²) in [5, 5.41) is 5.08. The van der Waals surface area contributed by atoms with Crippen molar-refractivity contribution >= 4 is 17.5 Å². The van der Waals surface area contributed by atoms with Gasteiger partial charge in [0, 0.05) is 11.7 Å². The summed E-state index contributed by atoms with van der Waals surface area (Å²) in [5.41, 5.74) is 0.569. The number of ether oxygens (including phenoxy) is 1. The van der Waals surface area contributed by atoms with Gasteiger partial charge in [0.1, 0.15) is 5.75 Å². The Balaban J connectivity index is 2.43. The average molecular weight is 292 g/mol. The van der Waals surface area contributed by atoms with Crippen LogP contribution in [-0.4, -0.2) is 24.5 Å². The van der Waals surface area contributed by atoms with E-state index in [-0.39, 0.29) is 6.04 Å². The van der Waals surface area contributed by atoms with Gasteiger partial charge in [0.15, 0.2) is 0 Å². The Bertz CT molecular complexity index is 455. The maximum atomic E-state index is 11.6. The molecule has 0 aliphatic rings. The van der Waals surface area contributed by atoms with Crippen molar-refractivity contribution in [2.45, 2.75) is 46.1 Å². The largest absolute Gasteiger partial charge is 0.494 e. The number of carbonyl (C=O) groups is 2. The van der Waals surface area contributed by atoms with E-state index in [1.165, 1.54) is 0 Å². The van der Waals surface area contributed by atoms with Crippen LogP contribution in [0.25, 0.3) is 0 Å². The van der Waals surface area contributed by atoms with Crippen molar-refractivity contribution in [2.24, 2.45) is 0 Å². The van der Waals surface area contributed by atoms with Gasteiger partial charge in [-0.25, -0.2) is 0 Å². The Morgan fingerprint density at radius 2 is 1.76 bits per heavy atom. The van der Waals surface area contributed by atoms with Crippen molar-refractivity contribution in [3.63, 3.8) is 0 Å². The molecule has 0 aromatic heterocycles. The van der Waals surface area contributed by atoms with E-state index in [0.717, 1.165) is 25.0 Å². The summed E-state index contributed by atoms with van der Waals surface area (Å²) in [6.07, 6.45) is 3.34. The second kappa shape index (κ2) is 9.00. The summed E-state index contributed by atoms with van der Waals surface area (Å²) < 4.78 is 5.58. The number of amides is 2. The Hall–Kier alpha value is -2.04. The standard InChI is InChI=1S/C16H24N2O3/c1-4-5-6-11-21-14-9-7-13(8-10-14)18-16(20)15(19)17-12(2)3/h7-10,12H,4-6,11H2,1-3H3,(H,17,19)(H,18,20). The normalized spacial score (nSPS) is 10.3. The first-order valence-electron chi connectivity index (χ1n) is 7.37. The zero-order chi connectivity index (χ0) is 15.7. The van der Waals surface area contributed by atoms with Crippen LogP contribution in [0.4, 0.5) is 5.69 Å². The molecule has 0 aliphatic heterocycles. The summed E-state index contributed by atoms with van der Waals surface area (Å²) >= 11 is 0. The van der Waals surface area contributed by atoms with Crippen LogP contribution in [0, 0.1) is 0 Å². The molecule has 1 aromatic carbocycles. The molecule has 2 amide bonds. The number of hydrogen-bond acceptors (Lipinski definition) is 3. The van der Waals surface area contributed by atoms with Gasteiger partial charge in [-0.15, -0.1) is 0 Å². The van der Waals surface area contributed by atoms with Gasteiger partial charge in [0.25, 0.3) is 0 Å². The molecule has 2 N–H and O–H groups in total. The first kappa shape index (κ1) is 17.0. The molecular formula is C16H24N2O3. The summed E-state index contributed by atoms with van der Waals surface area (Å²) in [7, 11) is 0. The van der Waals surface area contributed by atoms with Gasteiger partial charge < -0.3 is 15.4 Å². The van der Waals surface area contributed by atoms with Gasteiger partial charge in [0.05, 0.1) is 6.61 Å². The maximum absolute atomic E-state index is 11.6. The van der Waals surface area contributed by atoms with E-state index >= 15 is 0 Å². The smallest absolute Gasteiger partial charge is 0.313 e. The van der Waals surface area contributed by atoms with Crippen LogP contribution >= 0.6 is 0 Å². The van der Waals surface area contributed by atoms with Crippen molar-refractivity contribution < 1.29 is 14.3 Å². The molecule has 116 valence electrons. The van der Waals surface area contributed by atoms with Gasteiger partial charge in [-0.2, -0.15) is 0 Å². The fraction of sp³-hybridized carbons (Fsp3) is 0.500. The molecule has 0 saturated carbocycles. The Morgan fingerprint density at radius 3 is 2.33 bits per heavy atom. The molecule has 0 spiro atoms. The molecule has 21 heavy (non-hydrogen) atoms. The fourth-order valence-electron chi connectivity index (χ4n) is 1.69. The van der Waals surface area contributed by atoms with E-state index in [0.29, 0.717) is 12.3 Å². The summed E-state index contributed by atoms with van der Waals surface area (Å²) in [4.78, 5) is 23.1. The summed E-state index contributed by atoms with van der Waals surface area (Å²) in [6.45, 7) is 6.44. The van der Waals surface area contributed by atoms with Crippen molar-refractivity contribution in [3.8, 4) is 5.75 Å². The highest BCUT2D eigenvalue weighted by Crippen LogP contribution is 2.16. The molecule has 5 nitrogen and oxygen atoms in total. The quantitative estimate of drug-likeness (QED) is 0.600. The van der Waals surface area contributed by atoms with Gasteiger partial charge in [-0.1, -0.05) is 19.8 Å². The molecule has 0 unspecified atom stereocenters. The lowest BCUT2D eigenvalue weighted by Crippen LogP contribution is -2.39. The molecule has 0 aliphatic carbocycles. The van der Waals surface area contributed by atoms with Crippen LogP contribution in [-0.2, 0) is 9.59 Å². The monoisotopic (exact) mass is 292 g/mol. The van der Waals surface area contributed by atoms with E-state index in [1.807, 2.05) is 0 Å². The highest BCUT2D eigenvalue weighted by atomic mass is 16.5. The van der Waals surface area contributed by atoms with Crippen molar-refractivity contribution in [3.05, 3.63) is 24.3 Å². The van der Waals surface area contributed by atoms with Crippen LogP contribution in [0.1, 0.15) is 40.0 Å².